The molecule has 4 heteroatoms. The molecule has 0 saturated heterocycles. The van der Waals surface area contributed by atoms with Crippen molar-refractivity contribution < 1.29 is 9.18 Å². The van der Waals surface area contributed by atoms with Crippen molar-refractivity contribution in [3.63, 3.8) is 0 Å². The maximum atomic E-state index is 13.0. The number of carbonyl (C=O) groups excluding carboxylic acids is 1. The lowest BCUT2D eigenvalue weighted by molar-refractivity contribution is 0.0950. The number of hydrogen-bond donors (Lipinski definition) is 1. The Morgan fingerprint density at radius 1 is 1.21 bits per heavy atom. The van der Waals surface area contributed by atoms with Crippen LogP contribution in [0.2, 0.25) is 0 Å². The molecule has 0 spiro atoms. The monoisotopic (exact) mass is 254 g/mol. The summed E-state index contributed by atoms with van der Waals surface area (Å²) in [7, 11) is 0. The highest BCUT2D eigenvalue weighted by molar-refractivity contribution is 5.94. The molecule has 0 unspecified atom stereocenters. The summed E-state index contributed by atoms with van der Waals surface area (Å²) in [5.74, 6) is -0.769. The normalized spacial score (nSPS) is 9.68. The Bertz CT molecular complexity index is 629. The lowest BCUT2D eigenvalue weighted by Crippen LogP contribution is -2.22. The minimum Gasteiger partial charge on any atom is -0.348 e. The quantitative estimate of drug-likeness (QED) is 0.915. The molecule has 1 amide bonds. The van der Waals surface area contributed by atoms with E-state index in [2.05, 4.69) is 5.32 Å². The van der Waals surface area contributed by atoms with Crippen molar-refractivity contribution in [1.29, 1.82) is 5.26 Å². The Labute approximate surface area is 110 Å². The van der Waals surface area contributed by atoms with Crippen molar-refractivity contribution in [2.75, 3.05) is 0 Å². The van der Waals surface area contributed by atoms with Crippen LogP contribution in [-0.4, -0.2) is 5.91 Å². The summed E-state index contributed by atoms with van der Waals surface area (Å²) < 4.78 is 13.0. The summed E-state index contributed by atoms with van der Waals surface area (Å²) in [4.78, 5) is 11.8. The Balaban J connectivity index is 1.98. The molecule has 0 fully saturated rings. The molecule has 0 radical (unpaired) electrons. The number of amides is 1. The summed E-state index contributed by atoms with van der Waals surface area (Å²) in [6.07, 6.45) is 0. The summed E-state index contributed by atoms with van der Waals surface area (Å²) >= 11 is 0. The SMILES string of the molecule is N#Cc1ccc(CNC(=O)c2cccc(F)c2)cc1. The maximum Gasteiger partial charge on any atom is 0.251 e. The van der Waals surface area contributed by atoms with E-state index >= 15 is 0 Å². The van der Waals surface area contributed by atoms with Gasteiger partial charge in [0.25, 0.3) is 5.91 Å². The first kappa shape index (κ1) is 12.8. The first-order chi connectivity index (χ1) is 9.19. The highest BCUT2D eigenvalue weighted by Crippen LogP contribution is 2.05. The van der Waals surface area contributed by atoms with Crippen molar-refractivity contribution in [2.45, 2.75) is 6.54 Å². The summed E-state index contributed by atoms with van der Waals surface area (Å²) in [5, 5.41) is 11.4. The molecule has 2 aromatic rings. The van der Waals surface area contributed by atoms with E-state index in [0.29, 0.717) is 12.1 Å². The van der Waals surface area contributed by atoms with Gasteiger partial charge >= 0.3 is 0 Å². The Morgan fingerprint density at radius 3 is 2.58 bits per heavy atom. The number of nitriles is 1. The zero-order chi connectivity index (χ0) is 13.7. The van der Waals surface area contributed by atoms with Crippen LogP contribution in [0, 0.1) is 17.1 Å². The lowest BCUT2D eigenvalue weighted by atomic mass is 10.1. The van der Waals surface area contributed by atoms with Crippen molar-refractivity contribution in [3.8, 4) is 6.07 Å². The minimum atomic E-state index is -0.439. The van der Waals surface area contributed by atoms with Crippen molar-refractivity contribution in [2.24, 2.45) is 0 Å². The molecule has 19 heavy (non-hydrogen) atoms. The van der Waals surface area contributed by atoms with Crippen molar-refractivity contribution in [3.05, 3.63) is 71.0 Å². The molecule has 94 valence electrons. The molecule has 3 nitrogen and oxygen atoms in total. The molecule has 0 aromatic heterocycles. The van der Waals surface area contributed by atoms with Gasteiger partial charge in [-0.1, -0.05) is 18.2 Å². The Hall–Kier alpha value is -2.67. The molecule has 2 rings (SSSR count). The fourth-order valence-corrected chi connectivity index (χ4v) is 1.61. The number of hydrogen-bond acceptors (Lipinski definition) is 2. The van der Waals surface area contributed by atoms with Gasteiger partial charge in [0.1, 0.15) is 5.82 Å². The second-order valence-electron chi connectivity index (χ2n) is 4.00. The van der Waals surface area contributed by atoms with Crippen LogP contribution >= 0.6 is 0 Å². The summed E-state index contributed by atoms with van der Waals surface area (Å²) in [6.45, 7) is 0.334. The standard InChI is InChI=1S/C15H11FN2O/c16-14-3-1-2-13(8-14)15(19)18-10-12-6-4-11(9-17)5-7-12/h1-8H,10H2,(H,18,19). The van der Waals surface area contributed by atoms with Crippen LogP contribution in [0.5, 0.6) is 0 Å². The van der Waals surface area contributed by atoms with Crippen molar-refractivity contribution >= 4 is 5.91 Å². The first-order valence-electron chi connectivity index (χ1n) is 5.72. The van der Waals surface area contributed by atoms with E-state index in [1.807, 2.05) is 6.07 Å². The zero-order valence-electron chi connectivity index (χ0n) is 10.1. The van der Waals surface area contributed by atoms with E-state index in [1.165, 1.54) is 18.2 Å². The third-order valence-corrected chi connectivity index (χ3v) is 2.62. The van der Waals surface area contributed by atoms with Gasteiger partial charge in [-0.3, -0.25) is 4.79 Å². The van der Waals surface area contributed by atoms with E-state index in [4.69, 9.17) is 5.26 Å². The Morgan fingerprint density at radius 2 is 1.95 bits per heavy atom. The van der Waals surface area contributed by atoms with Gasteiger partial charge in [-0.15, -0.1) is 0 Å². The number of nitrogens with one attached hydrogen (secondary N) is 1. The largest absolute Gasteiger partial charge is 0.348 e. The number of nitrogens with zero attached hydrogens (tertiary/aromatic N) is 1. The number of rotatable bonds is 3. The first-order valence-corrected chi connectivity index (χ1v) is 5.72. The predicted octanol–water partition coefficient (Wildman–Crippen LogP) is 2.63. The van der Waals surface area contributed by atoms with E-state index in [-0.39, 0.29) is 11.5 Å². The third-order valence-electron chi connectivity index (χ3n) is 2.62. The van der Waals surface area contributed by atoms with Crippen LogP contribution in [0.3, 0.4) is 0 Å². The fraction of sp³-hybridized carbons (Fsp3) is 0.0667. The molecule has 0 atom stereocenters. The maximum absolute atomic E-state index is 13.0. The van der Waals surface area contributed by atoms with Crippen molar-refractivity contribution in [1.82, 2.24) is 5.32 Å². The van der Waals surface area contributed by atoms with E-state index in [0.717, 1.165) is 5.56 Å². The minimum absolute atomic E-state index is 0.286. The molecular weight excluding hydrogens is 243 g/mol. The highest BCUT2D eigenvalue weighted by atomic mass is 19.1. The fourth-order valence-electron chi connectivity index (χ4n) is 1.61. The smallest absolute Gasteiger partial charge is 0.251 e. The second kappa shape index (κ2) is 5.78. The van der Waals surface area contributed by atoms with Gasteiger partial charge in [0.15, 0.2) is 0 Å². The summed E-state index contributed by atoms with van der Waals surface area (Å²) in [5.41, 5.74) is 1.73. The van der Waals surface area contributed by atoms with Crippen LogP contribution < -0.4 is 5.32 Å². The molecule has 0 aliphatic carbocycles. The molecule has 0 aliphatic rings. The van der Waals surface area contributed by atoms with Crippen LogP contribution in [0.15, 0.2) is 48.5 Å². The highest BCUT2D eigenvalue weighted by Gasteiger charge is 2.05. The van der Waals surface area contributed by atoms with Gasteiger partial charge in [-0.2, -0.15) is 5.26 Å². The topological polar surface area (TPSA) is 52.9 Å². The van der Waals surface area contributed by atoms with E-state index in [9.17, 15) is 9.18 Å². The molecule has 0 bridgehead atoms. The van der Waals surface area contributed by atoms with Crippen LogP contribution in [-0.2, 0) is 6.54 Å². The predicted molar refractivity (Wildman–Crippen MR) is 68.7 cm³/mol. The van der Waals surface area contributed by atoms with Gasteiger partial charge in [-0.25, -0.2) is 4.39 Å². The second-order valence-corrected chi connectivity index (χ2v) is 4.00. The molecule has 0 saturated carbocycles. The average Bonchev–Trinajstić information content (AvgIpc) is 2.45. The zero-order valence-corrected chi connectivity index (χ0v) is 10.1. The molecule has 1 N–H and O–H groups in total. The average molecular weight is 254 g/mol. The van der Waals surface area contributed by atoms with Gasteiger partial charge in [0, 0.05) is 12.1 Å². The van der Waals surface area contributed by atoms with E-state index in [1.54, 1.807) is 30.3 Å². The number of carbonyl (C=O) groups is 1. The summed E-state index contributed by atoms with van der Waals surface area (Å²) in [6, 6.07) is 14.4. The van der Waals surface area contributed by atoms with Gasteiger partial charge in [0.2, 0.25) is 0 Å². The molecule has 0 aliphatic heterocycles. The number of halogens is 1. The Kier molecular flexibility index (Phi) is 3.89. The van der Waals surface area contributed by atoms with Crippen LogP contribution in [0.4, 0.5) is 4.39 Å². The molecule has 0 heterocycles. The van der Waals surface area contributed by atoms with Gasteiger partial charge in [0.05, 0.1) is 11.6 Å². The number of benzene rings is 2. The third kappa shape index (κ3) is 3.39. The van der Waals surface area contributed by atoms with Gasteiger partial charge in [-0.05, 0) is 35.9 Å². The molecule has 2 aromatic carbocycles. The van der Waals surface area contributed by atoms with Gasteiger partial charge < -0.3 is 5.32 Å². The lowest BCUT2D eigenvalue weighted by Gasteiger charge is -2.05. The van der Waals surface area contributed by atoms with Crippen LogP contribution in [0.25, 0.3) is 0 Å². The van der Waals surface area contributed by atoms with E-state index < -0.39 is 5.82 Å². The molecular formula is C15H11FN2O. The van der Waals surface area contributed by atoms with Crippen LogP contribution in [0.1, 0.15) is 21.5 Å².